The van der Waals surface area contributed by atoms with Crippen molar-refractivity contribution in [3.05, 3.63) is 18.1 Å². The maximum Gasteiger partial charge on any atom is 0.132 e. The molecule has 0 N–H and O–H groups in total. The Hall–Kier alpha value is -1.16. The van der Waals surface area contributed by atoms with Gasteiger partial charge in [0.05, 0.1) is 0 Å². The van der Waals surface area contributed by atoms with E-state index >= 15 is 0 Å². The summed E-state index contributed by atoms with van der Waals surface area (Å²) in [6.45, 7) is 6.49. The van der Waals surface area contributed by atoms with Gasteiger partial charge in [-0.25, -0.2) is 9.97 Å². The van der Waals surface area contributed by atoms with Gasteiger partial charge in [0.25, 0.3) is 0 Å². The van der Waals surface area contributed by atoms with Crippen molar-refractivity contribution in [1.82, 2.24) is 14.9 Å². The van der Waals surface area contributed by atoms with Crippen molar-refractivity contribution in [3.63, 3.8) is 0 Å². The van der Waals surface area contributed by atoms with Crippen molar-refractivity contribution in [3.8, 4) is 0 Å². The predicted molar refractivity (Wildman–Crippen MR) is 61.1 cm³/mol. The third-order valence-corrected chi connectivity index (χ3v) is 2.90. The normalized spacial score (nSPS) is 18.1. The van der Waals surface area contributed by atoms with E-state index in [9.17, 15) is 0 Å². The molecule has 2 heterocycles. The lowest BCUT2D eigenvalue weighted by Crippen LogP contribution is -2.44. The zero-order valence-corrected chi connectivity index (χ0v) is 9.48. The summed E-state index contributed by atoms with van der Waals surface area (Å²) in [6, 6.07) is 2.10. The van der Waals surface area contributed by atoms with Crippen LogP contribution in [0.1, 0.15) is 12.6 Å². The molecule has 1 saturated heterocycles. The van der Waals surface area contributed by atoms with E-state index in [-0.39, 0.29) is 0 Å². The zero-order valence-electron chi connectivity index (χ0n) is 9.48. The Kier molecular flexibility index (Phi) is 3.16. The van der Waals surface area contributed by atoms with E-state index in [4.69, 9.17) is 0 Å². The number of nitrogens with zero attached hydrogens (tertiary/aromatic N) is 4. The minimum atomic E-state index is 0.975. The maximum absolute atomic E-state index is 4.33. The number of piperazine rings is 1. The standard InChI is InChI=1S/C11H18N4/c1-3-10-8-11(13-9-12-10)15-6-4-14(2)5-7-15/h8-9H,3-7H2,1-2H3. The highest BCUT2D eigenvalue weighted by Crippen LogP contribution is 2.13. The number of rotatable bonds is 2. The van der Waals surface area contributed by atoms with Gasteiger partial charge in [-0.15, -0.1) is 0 Å². The van der Waals surface area contributed by atoms with E-state index < -0.39 is 0 Å². The van der Waals surface area contributed by atoms with Crippen LogP contribution in [0.4, 0.5) is 5.82 Å². The third kappa shape index (κ3) is 2.45. The van der Waals surface area contributed by atoms with Gasteiger partial charge in [-0.3, -0.25) is 0 Å². The molecule has 82 valence electrons. The van der Waals surface area contributed by atoms with Gasteiger partial charge >= 0.3 is 0 Å². The SMILES string of the molecule is CCc1cc(N2CCN(C)CC2)ncn1. The van der Waals surface area contributed by atoms with E-state index in [1.165, 1.54) is 0 Å². The molecule has 15 heavy (non-hydrogen) atoms. The molecular weight excluding hydrogens is 188 g/mol. The molecule has 0 aliphatic carbocycles. The van der Waals surface area contributed by atoms with Crippen LogP contribution in [0.5, 0.6) is 0 Å². The second-order valence-electron chi connectivity index (χ2n) is 4.01. The van der Waals surface area contributed by atoms with Crippen LogP contribution < -0.4 is 4.90 Å². The highest BCUT2D eigenvalue weighted by atomic mass is 15.3. The average Bonchev–Trinajstić information content (AvgIpc) is 2.30. The highest BCUT2D eigenvalue weighted by molar-refractivity contribution is 5.39. The Morgan fingerprint density at radius 1 is 1.20 bits per heavy atom. The number of anilines is 1. The van der Waals surface area contributed by atoms with Crippen LogP contribution in [-0.2, 0) is 6.42 Å². The van der Waals surface area contributed by atoms with Crippen molar-refractivity contribution in [2.24, 2.45) is 0 Å². The molecule has 0 saturated carbocycles. The van der Waals surface area contributed by atoms with Crippen LogP contribution in [0.15, 0.2) is 12.4 Å². The van der Waals surface area contributed by atoms with Crippen LogP contribution in [0, 0.1) is 0 Å². The van der Waals surface area contributed by atoms with Gasteiger partial charge in [-0.2, -0.15) is 0 Å². The third-order valence-electron chi connectivity index (χ3n) is 2.90. The first-order valence-electron chi connectivity index (χ1n) is 5.54. The lowest BCUT2D eigenvalue weighted by atomic mass is 10.3. The topological polar surface area (TPSA) is 32.3 Å². The molecule has 0 spiro atoms. The van der Waals surface area contributed by atoms with Crippen LogP contribution in [-0.4, -0.2) is 48.1 Å². The van der Waals surface area contributed by atoms with Crippen molar-refractivity contribution in [1.29, 1.82) is 0 Å². The minimum Gasteiger partial charge on any atom is -0.354 e. The molecular formula is C11H18N4. The molecule has 1 aromatic rings. The molecule has 1 fully saturated rings. The lowest BCUT2D eigenvalue weighted by molar-refractivity contribution is 0.312. The van der Waals surface area contributed by atoms with Crippen molar-refractivity contribution in [2.45, 2.75) is 13.3 Å². The molecule has 1 aliphatic heterocycles. The van der Waals surface area contributed by atoms with Crippen LogP contribution in [0.2, 0.25) is 0 Å². The van der Waals surface area contributed by atoms with E-state index in [1.807, 2.05) is 0 Å². The summed E-state index contributed by atoms with van der Waals surface area (Å²) < 4.78 is 0. The fourth-order valence-electron chi connectivity index (χ4n) is 1.79. The molecule has 4 nitrogen and oxygen atoms in total. The monoisotopic (exact) mass is 206 g/mol. The van der Waals surface area contributed by atoms with Gasteiger partial charge in [0.15, 0.2) is 0 Å². The summed E-state index contributed by atoms with van der Waals surface area (Å²) in [6.07, 6.45) is 2.65. The molecule has 0 unspecified atom stereocenters. The van der Waals surface area contributed by atoms with Crippen molar-refractivity contribution < 1.29 is 0 Å². The molecule has 0 atom stereocenters. The summed E-state index contributed by atoms with van der Waals surface area (Å²) >= 11 is 0. The maximum atomic E-state index is 4.33. The molecule has 0 aromatic carbocycles. The number of hydrogen-bond acceptors (Lipinski definition) is 4. The Balaban J connectivity index is 2.08. The van der Waals surface area contributed by atoms with Crippen molar-refractivity contribution >= 4 is 5.82 Å². The molecule has 0 bridgehead atoms. The number of likely N-dealkylation sites (N-methyl/N-ethyl adjacent to an activating group) is 1. The fraction of sp³-hybridized carbons (Fsp3) is 0.636. The van der Waals surface area contributed by atoms with Gasteiger partial charge in [0.2, 0.25) is 0 Å². The Morgan fingerprint density at radius 2 is 1.93 bits per heavy atom. The molecule has 1 aliphatic rings. The fourth-order valence-corrected chi connectivity index (χ4v) is 1.79. The smallest absolute Gasteiger partial charge is 0.132 e. The van der Waals surface area contributed by atoms with Crippen LogP contribution in [0.3, 0.4) is 0 Å². The van der Waals surface area contributed by atoms with E-state index in [1.54, 1.807) is 6.33 Å². The first kappa shape index (κ1) is 10.4. The first-order valence-corrected chi connectivity index (χ1v) is 5.54. The summed E-state index contributed by atoms with van der Waals surface area (Å²) in [5.74, 6) is 1.08. The molecule has 4 heteroatoms. The van der Waals surface area contributed by atoms with Crippen molar-refractivity contribution in [2.75, 3.05) is 38.1 Å². The quantitative estimate of drug-likeness (QED) is 0.716. The Bertz CT molecular complexity index is 318. The second kappa shape index (κ2) is 4.57. The van der Waals surface area contributed by atoms with Crippen LogP contribution in [0.25, 0.3) is 0 Å². The van der Waals surface area contributed by atoms with Gasteiger partial charge in [0.1, 0.15) is 12.1 Å². The summed E-state index contributed by atoms with van der Waals surface area (Å²) in [5.41, 5.74) is 1.12. The zero-order chi connectivity index (χ0) is 10.7. The van der Waals surface area contributed by atoms with Gasteiger partial charge in [0, 0.05) is 37.9 Å². The number of aromatic nitrogens is 2. The summed E-state index contributed by atoms with van der Waals surface area (Å²) in [5, 5.41) is 0. The van der Waals surface area contributed by atoms with Gasteiger partial charge < -0.3 is 9.80 Å². The summed E-state index contributed by atoms with van der Waals surface area (Å²) in [7, 11) is 2.16. The lowest BCUT2D eigenvalue weighted by Gasteiger charge is -2.33. The molecule has 1 aromatic heterocycles. The second-order valence-corrected chi connectivity index (χ2v) is 4.01. The molecule has 2 rings (SSSR count). The average molecular weight is 206 g/mol. The molecule has 0 amide bonds. The van der Waals surface area contributed by atoms with Crippen LogP contribution >= 0.6 is 0 Å². The van der Waals surface area contributed by atoms with Gasteiger partial charge in [-0.05, 0) is 13.5 Å². The van der Waals surface area contributed by atoms with E-state index in [2.05, 4.69) is 39.8 Å². The first-order chi connectivity index (χ1) is 7.29. The predicted octanol–water partition coefficient (Wildman–Crippen LogP) is 0.791. The minimum absolute atomic E-state index is 0.975. The largest absolute Gasteiger partial charge is 0.354 e. The number of hydrogen-bond donors (Lipinski definition) is 0. The molecule has 0 radical (unpaired) electrons. The summed E-state index contributed by atoms with van der Waals surface area (Å²) in [4.78, 5) is 13.2. The Labute approximate surface area is 90.9 Å². The number of aryl methyl sites for hydroxylation is 1. The Morgan fingerprint density at radius 3 is 2.60 bits per heavy atom. The van der Waals surface area contributed by atoms with Gasteiger partial charge in [-0.1, -0.05) is 6.92 Å². The highest BCUT2D eigenvalue weighted by Gasteiger charge is 2.15. The van der Waals surface area contributed by atoms with E-state index in [0.29, 0.717) is 0 Å². The van der Waals surface area contributed by atoms with E-state index in [0.717, 1.165) is 44.1 Å².